The minimum atomic E-state index is -1.70. The number of anilines is 1. The van der Waals surface area contributed by atoms with Crippen LogP contribution in [0.1, 0.15) is 36.8 Å². The van der Waals surface area contributed by atoms with Crippen molar-refractivity contribution < 1.29 is 23.1 Å². The summed E-state index contributed by atoms with van der Waals surface area (Å²) < 4.78 is 34.0. The van der Waals surface area contributed by atoms with E-state index in [0.717, 1.165) is 17.8 Å². The van der Waals surface area contributed by atoms with Crippen LogP contribution >= 0.6 is 23.4 Å². The number of nitrogens with one attached hydrogen (secondary N) is 1. The number of thioether (sulfide) groups is 1. The lowest BCUT2D eigenvalue weighted by molar-refractivity contribution is -0.137. The third kappa shape index (κ3) is 5.65. The molecule has 1 aliphatic heterocycles. The first kappa shape index (κ1) is 26.6. The average Bonchev–Trinajstić information content (AvgIpc) is 2.82. The smallest absolute Gasteiger partial charge is 0.330 e. The van der Waals surface area contributed by atoms with Gasteiger partial charge in [-0.2, -0.15) is 0 Å². The largest absolute Gasteiger partial charge is 0.463 e. The molecular formula is C24H25ClF2N4O3S. The maximum absolute atomic E-state index is 15.1. The number of alkyl halides is 1. The molecule has 1 aromatic heterocycles. The van der Waals surface area contributed by atoms with Gasteiger partial charge in [0.1, 0.15) is 23.7 Å². The van der Waals surface area contributed by atoms with Gasteiger partial charge in [0.2, 0.25) is 0 Å². The third-order valence-electron chi connectivity index (χ3n) is 5.90. The molecule has 0 bridgehead atoms. The van der Waals surface area contributed by atoms with Gasteiger partial charge < -0.3 is 15.8 Å². The van der Waals surface area contributed by atoms with E-state index in [-0.39, 0.29) is 28.7 Å². The molecule has 0 saturated heterocycles. The molecule has 3 rings (SSSR count). The standard InChI is InChI=1S/C24H25ClF2N4O3S/c1-4-34-20(32)9-10-23(3)14(2)24(13-26,31-22(28)35-23)17-11-16(6-7-18(17)27)30-21(33)19-8-5-15(25)12-29-19/h5-12,14H,4,13H2,1-3H3,(H2,28,31)(H,30,33)/b10-9+/t14-,23-,24+/m1/s1. The number of ether oxygens (including phenoxy) is 1. The Hall–Kier alpha value is -2.98. The van der Waals surface area contributed by atoms with Crippen molar-refractivity contribution in [2.45, 2.75) is 31.1 Å². The third-order valence-corrected chi connectivity index (χ3v) is 7.36. The number of hydrogen-bond acceptors (Lipinski definition) is 7. The summed E-state index contributed by atoms with van der Waals surface area (Å²) in [5.41, 5.74) is 4.61. The molecule has 0 unspecified atom stereocenters. The Morgan fingerprint density at radius 1 is 1.34 bits per heavy atom. The molecule has 1 amide bonds. The molecule has 3 atom stereocenters. The van der Waals surface area contributed by atoms with E-state index < -0.39 is 40.6 Å². The summed E-state index contributed by atoms with van der Waals surface area (Å²) in [4.78, 5) is 32.8. The summed E-state index contributed by atoms with van der Waals surface area (Å²) in [5.74, 6) is -2.47. The Labute approximate surface area is 211 Å². The minimum absolute atomic E-state index is 0.0379. The summed E-state index contributed by atoms with van der Waals surface area (Å²) in [6.07, 6.45) is 4.15. The number of rotatable bonds is 7. The van der Waals surface area contributed by atoms with Crippen molar-refractivity contribution in [1.29, 1.82) is 0 Å². The van der Waals surface area contributed by atoms with Crippen LogP contribution in [0.5, 0.6) is 0 Å². The molecule has 2 aromatic rings. The number of carbonyl (C=O) groups is 2. The normalized spacial score (nSPS) is 24.2. The Morgan fingerprint density at radius 3 is 2.71 bits per heavy atom. The van der Waals surface area contributed by atoms with Gasteiger partial charge in [0.15, 0.2) is 5.17 Å². The molecule has 2 heterocycles. The zero-order valence-corrected chi connectivity index (χ0v) is 20.9. The zero-order chi connectivity index (χ0) is 25.8. The van der Waals surface area contributed by atoms with Crippen LogP contribution in [0.25, 0.3) is 0 Å². The van der Waals surface area contributed by atoms with Crippen LogP contribution in [0.2, 0.25) is 5.02 Å². The number of hydrogen-bond donors (Lipinski definition) is 2. The summed E-state index contributed by atoms with van der Waals surface area (Å²) in [6, 6.07) is 6.78. The van der Waals surface area contributed by atoms with E-state index in [9.17, 15) is 14.0 Å². The Balaban J connectivity index is 2.00. The van der Waals surface area contributed by atoms with Gasteiger partial charge in [-0.25, -0.2) is 23.6 Å². The number of amidine groups is 1. The molecule has 7 nitrogen and oxygen atoms in total. The van der Waals surface area contributed by atoms with Crippen molar-refractivity contribution >= 4 is 46.1 Å². The van der Waals surface area contributed by atoms with Gasteiger partial charge in [-0.15, -0.1) is 0 Å². The van der Waals surface area contributed by atoms with E-state index in [4.69, 9.17) is 22.1 Å². The Kier molecular flexibility index (Phi) is 8.17. The number of nitrogens with zero attached hydrogens (tertiary/aromatic N) is 2. The van der Waals surface area contributed by atoms with E-state index in [1.54, 1.807) is 26.8 Å². The van der Waals surface area contributed by atoms with Gasteiger partial charge in [0.05, 0.1) is 11.6 Å². The summed E-state index contributed by atoms with van der Waals surface area (Å²) in [5, 5.41) is 3.04. The van der Waals surface area contributed by atoms with Crippen LogP contribution < -0.4 is 11.1 Å². The second-order valence-electron chi connectivity index (χ2n) is 8.11. The van der Waals surface area contributed by atoms with Crippen molar-refractivity contribution in [2.75, 3.05) is 18.6 Å². The van der Waals surface area contributed by atoms with E-state index >= 15 is 4.39 Å². The fourth-order valence-corrected chi connectivity index (χ4v) is 5.14. The number of carbonyl (C=O) groups excluding carboxylic acids is 2. The van der Waals surface area contributed by atoms with Gasteiger partial charge in [-0.1, -0.05) is 36.4 Å². The predicted molar refractivity (Wildman–Crippen MR) is 134 cm³/mol. The van der Waals surface area contributed by atoms with Gasteiger partial charge in [-0.3, -0.25) is 4.79 Å². The molecule has 0 saturated carbocycles. The lowest BCUT2D eigenvalue weighted by Crippen LogP contribution is -2.50. The molecule has 186 valence electrons. The molecule has 11 heteroatoms. The average molecular weight is 523 g/mol. The fraction of sp³-hybridized carbons (Fsp3) is 0.333. The van der Waals surface area contributed by atoms with Gasteiger partial charge in [0, 0.05) is 34.2 Å². The summed E-state index contributed by atoms with van der Waals surface area (Å²) in [6.45, 7) is 4.29. The highest BCUT2D eigenvalue weighted by Crippen LogP contribution is 2.51. The minimum Gasteiger partial charge on any atom is -0.463 e. The van der Waals surface area contributed by atoms with Gasteiger partial charge in [0.25, 0.3) is 5.91 Å². The molecular weight excluding hydrogens is 498 g/mol. The van der Waals surface area contributed by atoms with Crippen molar-refractivity contribution in [2.24, 2.45) is 16.6 Å². The molecule has 35 heavy (non-hydrogen) atoms. The lowest BCUT2D eigenvalue weighted by atomic mass is 9.73. The van der Waals surface area contributed by atoms with Crippen LogP contribution in [0.3, 0.4) is 0 Å². The quantitative estimate of drug-likeness (QED) is 0.397. The van der Waals surface area contributed by atoms with Gasteiger partial charge >= 0.3 is 5.97 Å². The highest BCUT2D eigenvalue weighted by Gasteiger charge is 2.52. The first-order chi connectivity index (χ1) is 16.5. The summed E-state index contributed by atoms with van der Waals surface area (Å²) in [7, 11) is 0. The topological polar surface area (TPSA) is 107 Å². The van der Waals surface area contributed by atoms with E-state index in [1.807, 2.05) is 0 Å². The van der Waals surface area contributed by atoms with Crippen molar-refractivity contribution in [3.8, 4) is 0 Å². The maximum Gasteiger partial charge on any atom is 0.330 e. The second-order valence-corrected chi connectivity index (χ2v) is 10.0. The monoisotopic (exact) mass is 522 g/mol. The number of amides is 1. The fourth-order valence-electron chi connectivity index (χ4n) is 3.86. The molecule has 3 N–H and O–H groups in total. The number of aromatic nitrogens is 1. The molecule has 1 aliphatic rings. The Morgan fingerprint density at radius 2 is 2.09 bits per heavy atom. The number of benzene rings is 1. The van der Waals surface area contributed by atoms with Crippen LogP contribution in [-0.2, 0) is 15.1 Å². The highest BCUT2D eigenvalue weighted by atomic mass is 35.5. The lowest BCUT2D eigenvalue weighted by Gasteiger charge is -2.46. The number of esters is 1. The maximum atomic E-state index is 15.1. The first-order valence-electron chi connectivity index (χ1n) is 10.7. The van der Waals surface area contributed by atoms with Crippen molar-refractivity contribution in [1.82, 2.24) is 4.98 Å². The number of nitrogens with two attached hydrogens (primary N) is 1. The van der Waals surface area contributed by atoms with Crippen LogP contribution in [0, 0.1) is 11.7 Å². The highest BCUT2D eigenvalue weighted by molar-refractivity contribution is 8.15. The first-order valence-corrected chi connectivity index (χ1v) is 11.9. The predicted octanol–water partition coefficient (Wildman–Crippen LogP) is 4.87. The second kappa shape index (κ2) is 10.7. The van der Waals surface area contributed by atoms with Crippen LogP contribution in [0.4, 0.5) is 14.5 Å². The van der Waals surface area contributed by atoms with E-state index in [1.165, 1.54) is 36.5 Å². The van der Waals surface area contributed by atoms with Crippen molar-refractivity contribution in [3.63, 3.8) is 0 Å². The molecule has 0 aliphatic carbocycles. The number of pyridine rings is 1. The Bertz CT molecular complexity index is 1180. The molecule has 0 radical (unpaired) electrons. The van der Waals surface area contributed by atoms with Crippen molar-refractivity contribution in [3.05, 3.63) is 70.8 Å². The van der Waals surface area contributed by atoms with E-state index in [2.05, 4.69) is 15.3 Å². The molecule has 1 aromatic carbocycles. The molecule has 0 spiro atoms. The summed E-state index contributed by atoms with van der Waals surface area (Å²) >= 11 is 6.95. The van der Waals surface area contributed by atoms with Crippen LogP contribution in [-0.4, -0.2) is 40.1 Å². The zero-order valence-electron chi connectivity index (χ0n) is 19.3. The van der Waals surface area contributed by atoms with Gasteiger partial charge in [-0.05, 0) is 44.2 Å². The molecule has 0 fully saturated rings. The van der Waals surface area contributed by atoms with Crippen LogP contribution in [0.15, 0.2) is 53.7 Å². The van der Waals surface area contributed by atoms with E-state index in [0.29, 0.717) is 5.02 Å². The SMILES string of the molecule is CCOC(=O)/C=C/[C@@]1(C)SC(N)=N[C@](CF)(c2cc(NC(=O)c3ccc(Cl)cn3)ccc2F)[C@@H]1C. The number of aliphatic imine (C=N–C) groups is 1. The number of halogens is 3.